The molecule has 31 heavy (non-hydrogen) atoms. The van der Waals surface area contributed by atoms with Crippen LogP contribution in [-0.4, -0.2) is 63.2 Å². The molecule has 0 bridgehead atoms. The van der Waals surface area contributed by atoms with Crippen molar-refractivity contribution in [2.45, 2.75) is 20.8 Å². The first kappa shape index (κ1) is 22.8. The summed E-state index contributed by atoms with van der Waals surface area (Å²) < 4.78 is 5.38. The molecule has 0 aliphatic carbocycles. The van der Waals surface area contributed by atoms with Gasteiger partial charge in [-0.05, 0) is 63.2 Å². The van der Waals surface area contributed by atoms with Gasteiger partial charge in [-0.3, -0.25) is 14.5 Å². The SMILES string of the molecule is Cc1cc(C)c(NC(=O)CN(C)CC(=O)Nc2ccc(N3CCOCC3)cc2)c(C)c1. The van der Waals surface area contributed by atoms with Gasteiger partial charge in [-0.15, -0.1) is 0 Å². The van der Waals surface area contributed by atoms with E-state index in [-0.39, 0.29) is 24.9 Å². The van der Waals surface area contributed by atoms with Gasteiger partial charge < -0.3 is 20.3 Å². The Balaban J connectivity index is 1.47. The van der Waals surface area contributed by atoms with E-state index in [1.165, 1.54) is 5.56 Å². The first-order valence-corrected chi connectivity index (χ1v) is 10.6. The molecule has 1 heterocycles. The van der Waals surface area contributed by atoms with Gasteiger partial charge in [0.2, 0.25) is 11.8 Å². The summed E-state index contributed by atoms with van der Waals surface area (Å²) in [6, 6.07) is 11.9. The highest BCUT2D eigenvalue weighted by Gasteiger charge is 2.14. The molecule has 7 heteroatoms. The number of hydrogen-bond acceptors (Lipinski definition) is 5. The monoisotopic (exact) mass is 424 g/mol. The third-order valence-electron chi connectivity index (χ3n) is 5.30. The lowest BCUT2D eigenvalue weighted by molar-refractivity contribution is -0.119. The van der Waals surface area contributed by atoms with Gasteiger partial charge >= 0.3 is 0 Å². The highest BCUT2D eigenvalue weighted by atomic mass is 16.5. The van der Waals surface area contributed by atoms with Crippen LogP contribution in [0.15, 0.2) is 36.4 Å². The Kier molecular flexibility index (Phi) is 7.65. The Morgan fingerprint density at radius 3 is 2.06 bits per heavy atom. The molecule has 0 radical (unpaired) electrons. The predicted molar refractivity (Wildman–Crippen MR) is 125 cm³/mol. The molecule has 0 spiro atoms. The Morgan fingerprint density at radius 1 is 0.935 bits per heavy atom. The first-order valence-electron chi connectivity index (χ1n) is 10.6. The van der Waals surface area contributed by atoms with Crippen molar-refractivity contribution in [3.63, 3.8) is 0 Å². The Hall–Kier alpha value is -2.90. The molecule has 7 nitrogen and oxygen atoms in total. The molecule has 1 aliphatic rings. The molecule has 1 aliphatic heterocycles. The zero-order chi connectivity index (χ0) is 22.4. The Morgan fingerprint density at radius 2 is 1.48 bits per heavy atom. The van der Waals surface area contributed by atoms with Crippen molar-refractivity contribution >= 4 is 28.9 Å². The van der Waals surface area contributed by atoms with E-state index in [1.807, 2.05) is 57.2 Å². The quantitative estimate of drug-likeness (QED) is 0.715. The molecule has 2 aromatic carbocycles. The number of hydrogen-bond donors (Lipinski definition) is 2. The number of aryl methyl sites for hydroxylation is 3. The normalized spacial score (nSPS) is 13.9. The topological polar surface area (TPSA) is 73.9 Å². The zero-order valence-corrected chi connectivity index (χ0v) is 18.8. The third-order valence-corrected chi connectivity index (χ3v) is 5.30. The third kappa shape index (κ3) is 6.54. The summed E-state index contributed by atoms with van der Waals surface area (Å²) in [6.07, 6.45) is 0. The van der Waals surface area contributed by atoms with Crippen LogP contribution >= 0.6 is 0 Å². The molecule has 1 saturated heterocycles. The maximum atomic E-state index is 12.4. The van der Waals surface area contributed by atoms with E-state index in [2.05, 4.69) is 15.5 Å². The molecule has 2 aromatic rings. The number of carbonyl (C=O) groups excluding carboxylic acids is 2. The van der Waals surface area contributed by atoms with E-state index in [0.717, 1.165) is 54.5 Å². The molecule has 166 valence electrons. The molecule has 0 atom stereocenters. The van der Waals surface area contributed by atoms with E-state index in [0.29, 0.717) is 0 Å². The minimum Gasteiger partial charge on any atom is -0.378 e. The summed E-state index contributed by atoms with van der Waals surface area (Å²) in [6.45, 7) is 9.49. The van der Waals surface area contributed by atoms with E-state index < -0.39 is 0 Å². The largest absolute Gasteiger partial charge is 0.378 e. The predicted octanol–water partition coefficient (Wildman–Crippen LogP) is 2.96. The molecule has 3 rings (SSSR count). The van der Waals surface area contributed by atoms with Crippen LogP contribution in [0.3, 0.4) is 0 Å². The number of nitrogens with one attached hydrogen (secondary N) is 2. The van der Waals surface area contributed by atoms with Crippen molar-refractivity contribution in [3.05, 3.63) is 53.1 Å². The summed E-state index contributed by atoms with van der Waals surface area (Å²) in [4.78, 5) is 28.8. The van der Waals surface area contributed by atoms with Crippen molar-refractivity contribution in [3.8, 4) is 0 Å². The summed E-state index contributed by atoms with van der Waals surface area (Å²) >= 11 is 0. The number of carbonyl (C=O) groups is 2. The van der Waals surface area contributed by atoms with Crippen LogP contribution in [0.2, 0.25) is 0 Å². The minimum absolute atomic E-state index is 0.129. The molecule has 1 fully saturated rings. The van der Waals surface area contributed by atoms with Crippen LogP contribution in [0.5, 0.6) is 0 Å². The van der Waals surface area contributed by atoms with Crippen molar-refractivity contribution in [1.82, 2.24) is 4.90 Å². The number of nitrogens with zero attached hydrogens (tertiary/aromatic N) is 2. The Labute approximate surface area is 184 Å². The molecule has 2 amide bonds. The van der Waals surface area contributed by atoms with Crippen LogP contribution in [0, 0.1) is 20.8 Å². The molecule has 0 aromatic heterocycles. The first-order chi connectivity index (χ1) is 14.8. The van der Waals surface area contributed by atoms with Gasteiger partial charge in [0.05, 0.1) is 26.3 Å². The lowest BCUT2D eigenvalue weighted by Crippen LogP contribution is -2.36. The Bertz CT molecular complexity index is 898. The lowest BCUT2D eigenvalue weighted by atomic mass is 10.1. The second-order valence-corrected chi connectivity index (χ2v) is 8.19. The van der Waals surface area contributed by atoms with Gasteiger partial charge in [0.1, 0.15) is 0 Å². The maximum absolute atomic E-state index is 12.4. The number of amides is 2. The summed E-state index contributed by atoms with van der Waals surface area (Å²) in [5.74, 6) is -0.294. The van der Waals surface area contributed by atoms with Gasteiger partial charge in [0, 0.05) is 30.2 Å². The second kappa shape index (κ2) is 10.4. The van der Waals surface area contributed by atoms with Crippen LogP contribution in [0.1, 0.15) is 16.7 Å². The average molecular weight is 425 g/mol. The van der Waals surface area contributed by atoms with Crippen LogP contribution < -0.4 is 15.5 Å². The van der Waals surface area contributed by atoms with Crippen molar-refractivity contribution in [2.24, 2.45) is 0 Å². The molecule has 0 saturated carbocycles. The number of rotatable bonds is 7. The molecular weight excluding hydrogens is 392 g/mol. The van der Waals surface area contributed by atoms with E-state index in [1.54, 1.807) is 11.9 Å². The fourth-order valence-electron chi connectivity index (χ4n) is 3.88. The number of benzene rings is 2. The van der Waals surface area contributed by atoms with E-state index in [4.69, 9.17) is 4.74 Å². The highest BCUT2D eigenvalue weighted by molar-refractivity contribution is 5.95. The van der Waals surface area contributed by atoms with E-state index >= 15 is 0 Å². The van der Waals surface area contributed by atoms with Crippen LogP contribution in [0.4, 0.5) is 17.1 Å². The van der Waals surface area contributed by atoms with Gasteiger partial charge in [-0.2, -0.15) is 0 Å². The average Bonchev–Trinajstić information content (AvgIpc) is 2.71. The number of morpholine rings is 1. The molecule has 0 unspecified atom stereocenters. The van der Waals surface area contributed by atoms with Crippen LogP contribution in [0.25, 0.3) is 0 Å². The minimum atomic E-state index is -0.155. The molecular formula is C24H32N4O3. The fourth-order valence-corrected chi connectivity index (χ4v) is 3.88. The summed E-state index contributed by atoms with van der Waals surface area (Å²) in [7, 11) is 1.76. The van der Waals surface area contributed by atoms with Crippen LogP contribution in [-0.2, 0) is 14.3 Å². The van der Waals surface area contributed by atoms with Gasteiger partial charge in [-0.25, -0.2) is 0 Å². The standard InChI is InChI=1S/C24H32N4O3/c1-17-13-18(2)24(19(3)14-17)26-23(30)16-27(4)15-22(29)25-20-5-7-21(8-6-20)28-9-11-31-12-10-28/h5-8,13-14H,9-12,15-16H2,1-4H3,(H,25,29)(H,26,30). The zero-order valence-electron chi connectivity index (χ0n) is 18.8. The number of ether oxygens (including phenoxy) is 1. The maximum Gasteiger partial charge on any atom is 0.238 e. The summed E-state index contributed by atoms with van der Waals surface area (Å²) in [5.41, 5.74) is 5.94. The highest BCUT2D eigenvalue weighted by Crippen LogP contribution is 2.22. The second-order valence-electron chi connectivity index (χ2n) is 8.19. The summed E-state index contributed by atoms with van der Waals surface area (Å²) in [5, 5.41) is 5.87. The van der Waals surface area contributed by atoms with Crippen molar-refractivity contribution < 1.29 is 14.3 Å². The smallest absolute Gasteiger partial charge is 0.238 e. The van der Waals surface area contributed by atoms with Gasteiger partial charge in [0.15, 0.2) is 0 Å². The van der Waals surface area contributed by atoms with Crippen molar-refractivity contribution in [1.29, 1.82) is 0 Å². The van der Waals surface area contributed by atoms with Gasteiger partial charge in [0.25, 0.3) is 0 Å². The van der Waals surface area contributed by atoms with Crippen molar-refractivity contribution in [2.75, 3.05) is 62.0 Å². The lowest BCUT2D eigenvalue weighted by Gasteiger charge is -2.28. The van der Waals surface area contributed by atoms with Gasteiger partial charge in [-0.1, -0.05) is 17.7 Å². The number of anilines is 3. The van der Waals surface area contributed by atoms with E-state index in [9.17, 15) is 9.59 Å². The fraction of sp³-hybridized carbons (Fsp3) is 0.417. The number of likely N-dealkylation sites (N-methyl/N-ethyl adjacent to an activating group) is 1. The molecule has 2 N–H and O–H groups in total.